The zero-order valence-corrected chi connectivity index (χ0v) is 19.5. The fourth-order valence-corrected chi connectivity index (χ4v) is 5.44. The van der Waals surface area contributed by atoms with Crippen LogP contribution in [-0.4, -0.2) is 32.2 Å². The lowest BCUT2D eigenvalue weighted by Crippen LogP contribution is -2.36. The highest BCUT2D eigenvalue weighted by molar-refractivity contribution is 5.78. The number of aromatic nitrogens is 3. The molecule has 1 saturated heterocycles. The minimum Gasteiger partial charge on any atom is -0.286 e. The van der Waals surface area contributed by atoms with E-state index in [1.165, 1.54) is 22.8 Å². The van der Waals surface area contributed by atoms with Gasteiger partial charge in [-0.3, -0.25) is 14.0 Å². The van der Waals surface area contributed by atoms with Crippen LogP contribution >= 0.6 is 0 Å². The van der Waals surface area contributed by atoms with E-state index >= 15 is 0 Å². The number of aryl methyl sites for hydroxylation is 2. The highest BCUT2D eigenvalue weighted by atomic mass is 19.1. The molecule has 3 heterocycles. The Kier molecular flexibility index (Phi) is 6.05. The van der Waals surface area contributed by atoms with Crippen LogP contribution in [0.4, 0.5) is 4.39 Å². The first kappa shape index (κ1) is 22.5. The van der Waals surface area contributed by atoms with Crippen LogP contribution in [0.25, 0.3) is 5.65 Å². The average Bonchev–Trinajstić information content (AvgIpc) is 3.46. The van der Waals surface area contributed by atoms with Crippen molar-refractivity contribution in [3.63, 3.8) is 0 Å². The summed E-state index contributed by atoms with van der Waals surface area (Å²) in [4.78, 5) is 19.0. The smallest absolute Gasteiger partial charge is 0.249 e. The van der Waals surface area contributed by atoms with Crippen LogP contribution in [0, 0.1) is 42.8 Å². The number of halogens is 1. The van der Waals surface area contributed by atoms with E-state index in [1.807, 2.05) is 13.0 Å². The summed E-state index contributed by atoms with van der Waals surface area (Å²) in [5.41, 5.74) is 4.16. The maximum atomic E-state index is 14.0. The van der Waals surface area contributed by atoms with Crippen LogP contribution in [0.5, 0.6) is 0 Å². The summed E-state index contributed by atoms with van der Waals surface area (Å²) in [6.45, 7) is 4.43. The van der Waals surface area contributed by atoms with Gasteiger partial charge in [-0.25, -0.2) is 9.45 Å². The molecule has 7 nitrogen and oxygen atoms in total. The number of benzene rings is 1. The van der Waals surface area contributed by atoms with E-state index in [0.29, 0.717) is 24.5 Å². The predicted octanol–water partition coefficient (Wildman–Crippen LogP) is 4.61. The predicted molar refractivity (Wildman–Crippen MR) is 123 cm³/mol. The Balaban J connectivity index is 1.23. The van der Waals surface area contributed by atoms with Gasteiger partial charge in [0.2, 0.25) is 5.91 Å². The topological polar surface area (TPSA) is 83.5 Å². The molecular formula is C26H28FN5O2. The third-order valence-electron chi connectivity index (χ3n) is 7.19. The summed E-state index contributed by atoms with van der Waals surface area (Å²) in [6.07, 6.45) is 7.28. The second-order valence-electron chi connectivity index (χ2n) is 9.58. The summed E-state index contributed by atoms with van der Waals surface area (Å²) >= 11 is 0. The largest absolute Gasteiger partial charge is 0.286 e. The molecule has 1 amide bonds. The van der Waals surface area contributed by atoms with Gasteiger partial charge in [0.1, 0.15) is 11.6 Å². The van der Waals surface area contributed by atoms with Gasteiger partial charge in [-0.15, -0.1) is 10.2 Å². The van der Waals surface area contributed by atoms with Gasteiger partial charge in [0, 0.05) is 18.5 Å². The molecule has 0 N–H and O–H groups in total. The minimum atomic E-state index is -0.469. The molecule has 2 fully saturated rings. The maximum Gasteiger partial charge on any atom is 0.249 e. The maximum absolute atomic E-state index is 14.0. The summed E-state index contributed by atoms with van der Waals surface area (Å²) in [6, 6.07) is 8.08. The summed E-state index contributed by atoms with van der Waals surface area (Å²) in [7, 11) is 0. The molecule has 0 bridgehead atoms. The number of hydrogen-bond acceptors (Lipinski definition) is 5. The molecule has 1 aromatic carbocycles. The number of carbonyl (C=O) groups is 1. The van der Waals surface area contributed by atoms with E-state index < -0.39 is 5.82 Å². The number of nitriles is 1. The van der Waals surface area contributed by atoms with Crippen molar-refractivity contribution in [1.29, 1.82) is 5.26 Å². The Labute approximate surface area is 198 Å². The standard InChI is InChI=1S/C26H28FN5O2/c1-16-9-20(15-31-17(2)29-30-25(16)31)10-18-3-5-21(6-4-18)26(33)32-24(7-8-34-32)22-11-19(14-28)12-23(27)13-22/h9,11-13,15,18,21,24H,3-8,10H2,1-2H3/t18?,21?,24-/m0/s1. The van der Waals surface area contributed by atoms with E-state index in [2.05, 4.69) is 33.8 Å². The summed E-state index contributed by atoms with van der Waals surface area (Å²) in [5.74, 6) is 0.819. The molecule has 0 unspecified atom stereocenters. The van der Waals surface area contributed by atoms with Gasteiger partial charge >= 0.3 is 0 Å². The normalized spacial score (nSPS) is 22.8. The van der Waals surface area contributed by atoms with Gasteiger partial charge in [0.15, 0.2) is 5.65 Å². The highest BCUT2D eigenvalue weighted by Crippen LogP contribution is 2.37. The van der Waals surface area contributed by atoms with Gasteiger partial charge in [-0.2, -0.15) is 5.26 Å². The monoisotopic (exact) mass is 461 g/mol. The number of carbonyl (C=O) groups excluding carboxylic acids is 1. The Hall–Kier alpha value is -3.31. The molecule has 1 aliphatic heterocycles. The number of fused-ring (bicyclic) bond motifs is 1. The van der Waals surface area contributed by atoms with Crippen molar-refractivity contribution in [2.45, 2.75) is 58.4 Å². The van der Waals surface area contributed by atoms with Gasteiger partial charge in [-0.1, -0.05) is 6.07 Å². The van der Waals surface area contributed by atoms with E-state index in [9.17, 15) is 14.4 Å². The molecule has 1 atom stereocenters. The lowest BCUT2D eigenvalue weighted by Gasteiger charge is -2.32. The molecule has 176 valence electrons. The Morgan fingerprint density at radius 3 is 2.71 bits per heavy atom. The van der Waals surface area contributed by atoms with Gasteiger partial charge in [0.05, 0.1) is 24.3 Å². The fraction of sp³-hybridized carbons (Fsp3) is 0.462. The summed E-state index contributed by atoms with van der Waals surface area (Å²) < 4.78 is 16.0. The van der Waals surface area contributed by atoms with Crippen LogP contribution in [0.15, 0.2) is 30.5 Å². The Morgan fingerprint density at radius 2 is 1.94 bits per heavy atom. The lowest BCUT2D eigenvalue weighted by atomic mass is 9.79. The van der Waals surface area contributed by atoms with Crippen molar-refractivity contribution < 1.29 is 14.0 Å². The van der Waals surface area contributed by atoms with Crippen molar-refractivity contribution in [2.24, 2.45) is 11.8 Å². The number of hydrogen-bond donors (Lipinski definition) is 0. The fourth-order valence-electron chi connectivity index (χ4n) is 5.44. The van der Waals surface area contributed by atoms with Crippen LogP contribution in [0.3, 0.4) is 0 Å². The zero-order valence-electron chi connectivity index (χ0n) is 19.5. The Morgan fingerprint density at radius 1 is 1.15 bits per heavy atom. The number of rotatable bonds is 4. The average molecular weight is 462 g/mol. The van der Waals surface area contributed by atoms with Crippen molar-refractivity contribution in [3.05, 3.63) is 64.4 Å². The summed E-state index contributed by atoms with van der Waals surface area (Å²) in [5, 5.41) is 19.0. The van der Waals surface area contributed by atoms with Crippen molar-refractivity contribution >= 4 is 11.6 Å². The molecule has 3 aromatic rings. The number of pyridine rings is 1. The zero-order chi connectivity index (χ0) is 23.8. The second kappa shape index (κ2) is 9.15. The quantitative estimate of drug-likeness (QED) is 0.567. The number of amides is 1. The third kappa shape index (κ3) is 4.28. The lowest BCUT2D eigenvalue weighted by molar-refractivity contribution is -0.183. The van der Waals surface area contributed by atoms with Gasteiger partial charge in [0.25, 0.3) is 0 Å². The first-order valence-corrected chi connectivity index (χ1v) is 11.9. The van der Waals surface area contributed by atoms with Crippen LogP contribution in [0.2, 0.25) is 0 Å². The Bertz CT molecular complexity index is 1270. The molecule has 0 radical (unpaired) electrons. The van der Waals surface area contributed by atoms with Crippen LogP contribution < -0.4 is 0 Å². The van der Waals surface area contributed by atoms with E-state index in [1.54, 1.807) is 6.07 Å². The van der Waals surface area contributed by atoms with E-state index in [0.717, 1.165) is 49.1 Å². The molecule has 2 aliphatic rings. The molecule has 2 aromatic heterocycles. The van der Waals surface area contributed by atoms with Gasteiger partial charge < -0.3 is 0 Å². The molecule has 5 rings (SSSR count). The number of hydroxylamine groups is 2. The van der Waals surface area contributed by atoms with E-state index in [-0.39, 0.29) is 23.4 Å². The van der Waals surface area contributed by atoms with E-state index in [4.69, 9.17) is 4.84 Å². The molecule has 1 saturated carbocycles. The second-order valence-corrected chi connectivity index (χ2v) is 9.58. The van der Waals surface area contributed by atoms with Crippen molar-refractivity contribution in [1.82, 2.24) is 19.7 Å². The molecule has 1 aliphatic carbocycles. The molecular weight excluding hydrogens is 433 g/mol. The molecule has 0 spiro atoms. The minimum absolute atomic E-state index is 0.0268. The van der Waals surface area contributed by atoms with Gasteiger partial charge in [-0.05, 0) is 86.8 Å². The SMILES string of the molecule is Cc1cc(CC2CCC(C(=O)N3OCC[C@H]3c3cc(F)cc(C#N)c3)CC2)cn2c(C)nnc12. The van der Waals surface area contributed by atoms with Crippen LogP contribution in [0.1, 0.15) is 66.2 Å². The highest BCUT2D eigenvalue weighted by Gasteiger charge is 2.37. The first-order chi connectivity index (χ1) is 16.4. The van der Waals surface area contributed by atoms with Crippen LogP contribution in [-0.2, 0) is 16.1 Å². The number of nitrogens with zero attached hydrogens (tertiary/aromatic N) is 5. The molecule has 8 heteroatoms. The third-order valence-corrected chi connectivity index (χ3v) is 7.19. The van der Waals surface area contributed by atoms with Crippen molar-refractivity contribution in [2.75, 3.05) is 6.61 Å². The first-order valence-electron chi connectivity index (χ1n) is 11.9. The molecule has 34 heavy (non-hydrogen) atoms. The van der Waals surface area contributed by atoms with Crippen molar-refractivity contribution in [3.8, 4) is 6.07 Å².